The minimum absolute atomic E-state index is 0.0885. The molecule has 2 unspecified atom stereocenters. The summed E-state index contributed by atoms with van der Waals surface area (Å²) in [5, 5.41) is 19.6. The van der Waals surface area contributed by atoms with E-state index in [9.17, 15) is 15.0 Å². The van der Waals surface area contributed by atoms with E-state index < -0.39 is 6.10 Å². The van der Waals surface area contributed by atoms with Gasteiger partial charge < -0.3 is 10.2 Å². The Morgan fingerprint density at radius 2 is 1.29 bits per heavy atom. The normalized spacial score (nSPS) is 14.1. The van der Waals surface area contributed by atoms with Gasteiger partial charge in [-0.2, -0.15) is 0 Å². The van der Waals surface area contributed by atoms with Crippen molar-refractivity contribution < 1.29 is 15.0 Å². The molecule has 0 spiro atoms. The molecular weight excluding hydrogens is 264 g/mol. The summed E-state index contributed by atoms with van der Waals surface area (Å²) < 4.78 is 0. The van der Waals surface area contributed by atoms with Crippen LogP contribution >= 0.6 is 0 Å². The van der Waals surface area contributed by atoms with Crippen molar-refractivity contribution in [3.8, 4) is 0 Å². The highest BCUT2D eigenvalue weighted by atomic mass is 16.3. The van der Waals surface area contributed by atoms with Gasteiger partial charge >= 0.3 is 0 Å². The van der Waals surface area contributed by atoms with E-state index in [1.165, 1.54) is 19.3 Å². The van der Waals surface area contributed by atoms with Gasteiger partial charge in [-0.3, -0.25) is 4.79 Å². The van der Waals surface area contributed by atoms with Crippen molar-refractivity contribution in [3.05, 3.63) is 0 Å². The predicted molar refractivity (Wildman–Crippen MR) is 88.4 cm³/mol. The smallest absolute Gasteiger partial charge is 0.135 e. The van der Waals surface area contributed by atoms with Crippen LogP contribution in [0.3, 0.4) is 0 Å². The third-order valence-electron chi connectivity index (χ3n) is 4.00. The number of unbranched alkanes of at least 4 members (excludes halogenated alkanes) is 6. The van der Waals surface area contributed by atoms with E-state index >= 15 is 0 Å². The zero-order valence-corrected chi connectivity index (χ0v) is 14.1. The van der Waals surface area contributed by atoms with Crippen LogP contribution in [0.15, 0.2) is 0 Å². The fourth-order valence-electron chi connectivity index (χ4n) is 2.55. The summed E-state index contributed by atoms with van der Waals surface area (Å²) in [7, 11) is 0. The molecule has 0 saturated heterocycles. The number of Topliss-reactive ketones (excluding diaryl/α,β-unsaturated/α-hetero) is 1. The lowest BCUT2D eigenvalue weighted by Gasteiger charge is -2.12. The van der Waals surface area contributed by atoms with Crippen LogP contribution in [0.25, 0.3) is 0 Å². The first-order valence-electron chi connectivity index (χ1n) is 8.97. The van der Waals surface area contributed by atoms with Crippen LogP contribution in [-0.4, -0.2) is 28.2 Å². The van der Waals surface area contributed by atoms with Crippen LogP contribution in [0.2, 0.25) is 0 Å². The molecule has 0 fully saturated rings. The lowest BCUT2D eigenvalue weighted by atomic mass is 10.00. The predicted octanol–water partition coefficient (Wildman–Crippen LogP) is 4.39. The zero-order chi connectivity index (χ0) is 15.9. The van der Waals surface area contributed by atoms with Crippen LogP contribution in [0, 0.1) is 0 Å². The molecule has 21 heavy (non-hydrogen) atoms. The molecule has 0 saturated carbocycles. The summed E-state index contributed by atoms with van der Waals surface area (Å²) in [6.07, 6.45) is 11.1. The highest BCUT2D eigenvalue weighted by molar-refractivity contribution is 5.78. The number of aliphatic hydroxyl groups excluding tert-OH is 2. The SMILES string of the molecule is CCCCCCCC(O)CC(=O)CCC(O)CCCCC. The minimum atomic E-state index is -0.489. The van der Waals surface area contributed by atoms with E-state index in [1.54, 1.807) is 0 Å². The maximum atomic E-state index is 11.8. The number of carbonyl (C=O) groups excluding carboxylic acids is 1. The Labute approximate surface area is 131 Å². The third-order valence-corrected chi connectivity index (χ3v) is 4.00. The summed E-state index contributed by atoms with van der Waals surface area (Å²) in [4.78, 5) is 11.8. The minimum Gasteiger partial charge on any atom is -0.393 e. The van der Waals surface area contributed by atoms with Crippen LogP contribution < -0.4 is 0 Å². The summed E-state index contributed by atoms with van der Waals surface area (Å²) in [5.74, 6) is 0.0885. The monoisotopic (exact) mass is 300 g/mol. The third kappa shape index (κ3) is 14.3. The Morgan fingerprint density at radius 3 is 1.95 bits per heavy atom. The molecule has 0 heterocycles. The van der Waals surface area contributed by atoms with Crippen LogP contribution in [0.1, 0.15) is 97.3 Å². The summed E-state index contributed by atoms with van der Waals surface area (Å²) >= 11 is 0. The lowest BCUT2D eigenvalue weighted by Crippen LogP contribution is -2.15. The van der Waals surface area contributed by atoms with Gasteiger partial charge in [0.15, 0.2) is 0 Å². The fraction of sp³-hybridized carbons (Fsp3) is 0.944. The molecule has 126 valence electrons. The van der Waals surface area contributed by atoms with Gasteiger partial charge in [-0.25, -0.2) is 0 Å². The molecule has 0 aliphatic heterocycles. The standard InChI is InChI=1S/C18H36O3/c1-3-5-7-8-10-12-17(20)15-18(21)14-13-16(19)11-9-6-4-2/h16-17,19-20H,3-15H2,1-2H3. The van der Waals surface area contributed by atoms with Crippen molar-refractivity contribution in [2.24, 2.45) is 0 Å². The van der Waals surface area contributed by atoms with Gasteiger partial charge in [-0.15, -0.1) is 0 Å². The Morgan fingerprint density at radius 1 is 0.762 bits per heavy atom. The molecule has 2 N–H and O–H groups in total. The second-order valence-corrected chi connectivity index (χ2v) is 6.29. The fourth-order valence-corrected chi connectivity index (χ4v) is 2.55. The van der Waals surface area contributed by atoms with Crippen molar-refractivity contribution in [1.29, 1.82) is 0 Å². The molecule has 0 rings (SSSR count). The lowest BCUT2D eigenvalue weighted by molar-refractivity contribution is -0.121. The van der Waals surface area contributed by atoms with Gasteiger partial charge in [0.25, 0.3) is 0 Å². The van der Waals surface area contributed by atoms with Gasteiger partial charge in [-0.05, 0) is 19.3 Å². The van der Waals surface area contributed by atoms with Gasteiger partial charge in [0, 0.05) is 12.8 Å². The summed E-state index contributed by atoms with van der Waals surface area (Å²) in [5.41, 5.74) is 0. The zero-order valence-electron chi connectivity index (χ0n) is 14.1. The molecule has 2 atom stereocenters. The number of hydrogen-bond acceptors (Lipinski definition) is 3. The first kappa shape index (κ1) is 20.6. The highest BCUT2D eigenvalue weighted by Gasteiger charge is 2.12. The number of ketones is 1. The van der Waals surface area contributed by atoms with E-state index in [0.717, 1.165) is 44.9 Å². The van der Waals surface area contributed by atoms with E-state index in [4.69, 9.17) is 0 Å². The number of carbonyl (C=O) groups is 1. The maximum Gasteiger partial charge on any atom is 0.135 e. The van der Waals surface area contributed by atoms with Crippen molar-refractivity contribution in [2.75, 3.05) is 0 Å². The topological polar surface area (TPSA) is 57.5 Å². The van der Waals surface area contributed by atoms with Gasteiger partial charge in [0.1, 0.15) is 5.78 Å². The quantitative estimate of drug-likeness (QED) is 0.441. The molecular formula is C18H36O3. The number of rotatable bonds is 15. The summed E-state index contributed by atoms with van der Waals surface area (Å²) in [6.45, 7) is 4.32. The Bertz CT molecular complexity index is 241. The second kappa shape index (κ2) is 14.5. The Kier molecular flexibility index (Phi) is 14.2. The number of aliphatic hydroxyl groups is 2. The van der Waals surface area contributed by atoms with Crippen LogP contribution in [0.5, 0.6) is 0 Å². The highest BCUT2D eigenvalue weighted by Crippen LogP contribution is 2.13. The number of hydrogen-bond donors (Lipinski definition) is 2. The molecule has 0 bridgehead atoms. The largest absolute Gasteiger partial charge is 0.393 e. The van der Waals surface area contributed by atoms with E-state index in [-0.39, 0.29) is 18.3 Å². The molecule has 0 aliphatic carbocycles. The van der Waals surface area contributed by atoms with Crippen molar-refractivity contribution in [3.63, 3.8) is 0 Å². The van der Waals surface area contributed by atoms with Crippen LogP contribution in [-0.2, 0) is 4.79 Å². The van der Waals surface area contributed by atoms with Crippen molar-refractivity contribution in [1.82, 2.24) is 0 Å². The van der Waals surface area contributed by atoms with Gasteiger partial charge in [0.05, 0.1) is 12.2 Å². The van der Waals surface area contributed by atoms with Crippen LogP contribution in [0.4, 0.5) is 0 Å². The second-order valence-electron chi connectivity index (χ2n) is 6.29. The van der Waals surface area contributed by atoms with Gasteiger partial charge in [0.2, 0.25) is 0 Å². The molecule has 0 aromatic rings. The van der Waals surface area contributed by atoms with Crippen molar-refractivity contribution >= 4 is 5.78 Å². The summed E-state index contributed by atoms with van der Waals surface area (Å²) in [6, 6.07) is 0. The van der Waals surface area contributed by atoms with Crippen molar-refractivity contribution in [2.45, 2.75) is 110 Å². The van der Waals surface area contributed by atoms with E-state index in [0.29, 0.717) is 12.8 Å². The molecule has 0 amide bonds. The molecule has 0 aliphatic rings. The maximum absolute atomic E-state index is 11.8. The van der Waals surface area contributed by atoms with E-state index in [1.807, 2.05) is 0 Å². The first-order valence-corrected chi connectivity index (χ1v) is 8.97. The Balaban J connectivity index is 3.54. The molecule has 0 radical (unpaired) electrons. The first-order chi connectivity index (χ1) is 10.1. The van der Waals surface area contributed by atoms with E-state index in [2.05, 4.69) is 13.8 Å². The molecule has 3 nitrogen and oxygen atoms in total. The molecule has 3 heteroatoms. The molecule has 0 aromatic heterocycles. The van der Waals surface area contributed by atoms with Gasteiger partial charge in [-0.1, -0.05) is 65.2 Å². The average molecular weight is 300 g/mol. The Hall–Kier alpha value is -0.410. The average Bonchev–Trinajstić information content (AvgIpc) is 2.45. The molecule has 0 aromatic carbocycles.